The second-order valence-electron chi connectivity index (χ2n) is 8.16. The number of fused-ring (bicyclic) bond motifs is 1. The van der Waals surface area contributed by atoms with Gasteiger partial charge in [0.05, 0.1) is 18.6 Å². The summed E-state index contributed by atoms with van der Waals surface area (Å²) < 4.78 is 6.17. The van der Waals surface area contributed by atoms with Gasteiger partial charge in [0.2, 0.25) is 0 Å². The first-order valence-electron chi connectivity index (χ1n) is 9.80. The highest BCUT2D eigenvalue weighted by Crippen LogP contribution is 2.47. The number of hydrogen-bond donors (Lipinski definition) is 2. The normalized spacial score (nSPS) is 26.7. The molecule has 1 saturated carbocycles. The van der Waals surface area contributed by atoms with Crippen LogP contribution in [0.1, 0.15) is 55.2 Å². The van der Waals surface area contributed by atoms with Crippen molar-refractivity contribution in [2.45, 2.75) is 57.7 Å². The molecule has 1 aromatic rings. The number of carboxylic acids is 1. The third-order valence-electron chi connectivity index (χ3n) is 6.46. The number of hydrogen-bond acceptors (Lipinski definition) is 3. The Bertz CT molecular complexity index is 634. The summed E-state index contributed by atoms with van der Waals surface area (Å²) in [5.41, 5.74) is 3.89. The quantitative estimate of drug-likeness (QED) is 0.861. The summed E-state index contributed by atoms with van der Waals surface area (Å²) in [6.07, 6.45) is 6.02. The molecule has 0 bridgehead atoms. The van der Waals surface area contributed by atoms with E-state index in [-0.39, 0.29) is 11.8 Å². The first kappa shape index (κ1) is 17.0. The van der Waals surface area contributed by atoms with Crippen LogP contribution in [0.4, 0.5) is 0 Å². The van der Waals surface area contributed by atoms with Crippen molar-refractivity contribution >= 4 is 5.97 Å². The molecular formula is C21H29NO3. The number of benzene rings is 1. The van der Waals surface area contributed by atoms with Crippen LogP contribution in [-0.4, -0.2) is 30.3 Å². The van der Waals surface area contributed by atoms with E-state index in [9.17, 15) is 9.90 Å². The standard InChI is InChI=1S/C21H29NO3/c1-13(21(23)24)20(15-2-3-15)16-4-5-17-12-25-19(11-18(17)10-16)14-6-8-22-9-7-14/h4-5,10,13-15,19-20,22H,2-3,6-9,11-12H2,1H3,(H,23,24). The molecule has 2 heterocycles. The minimum absolute atomic E-state index is 0.156. The molecule has 4 nitrogen and oxygen atoms in total. The third kappa shape index (κ3) is 3.61. The molecule has 25 heavy (non-hydrogen) atoms. The average molecular weight is 343 g/mol. The predicted molar refractivity (Wildman–Crippen MR) is 96.6 cm³/mol. The number of rotatable bonds is 5. The molecule has 0 spiro atoms. The van der Waals surface area contributed by atoms with Gasteiger partial charge in [0.25, 0.3) is 0 Å². The number of nitrogens with one attached hydrogen (secondary N) is 1. The summed E-state index contributed by atoms with van der Waals surface area (Å²) in [6, 6.07) is 6.62. The van der Waals surface area contributed by atoms with Gasteiger partial charge < -0.3 is 15.2 Å². The Morgan fingerprint density at radius 3 is 2.64 bits per heavy atom. The van der Waals surface area contributed by atoms with Crippen LogP contribution >= 0.6 is 0 Å². The SMILES string of the molecule is CC(C(=O)O)C(c1ccc2c(c1)CC(C1CCNCC1)OC2)C1CC1. The van der Waals surface area contributed by atoms with Crippen molar-refractivity contribution in [3.63, 3.8) is 0 Å². The van der Waals surface area contributed by atoms with Gasteiger partial charge in [-0.25, -0.2) is 0 Å². The number of aliphatic carboxylic acids is 1. The molecule has 1 saturated heterocycles. The number of carbonyl (C=O) groups is 1. The lowest BCUT2D eigenvalue weighted by Gasteiger charge is -2.34. The zero-order chi connectivity index (χ0) is 17.4. The van der Waals surface area contributed by atoms with Crippen molar-refractivity contribution in [2.75, 3.05) is 13.1 Å². The molecule has 1 aliphatic carbocycles. The maximum Gasteiger partial charge on any atom is 0.306 e. The minimum atomic E-state index is -0.675. The van der Waals surface area contributed by atoms with E-state index in [1.807, 2.05) is 6.92 Å². The van der Waals surface area contributed by atoms with Crippen LogP contribution in [0.3, 0.4) is 0 Å². The van der Waals surface area contributed by atoms with Gasteiger partial charge in [-0.1, -0.05) is 25.1 Å². The maximum absolute atomic E-state index is 11.6. The zero-order valence-electron chi connectivity index (χ0n) is 15.0. The summed E-state index contributed by atoms with van der Waals surface area (Å²) in [5.74, 6) is 0.360. The first-order valence-corrected chi connectivity index (χ1v) is 9.80. The first-order chi connectivity index (χ1) is 12.1. The zero-order valence-corrected chi connectivity index (χ0v) is 15.0. The van der Waals surface area contributed by atoms with E-state index >= 15 is 0 Å². The molecule has 3 unspecified atom stereocenters. The van der Waals surface area contributed by atoms with E-state index in [1.165, 1.54) is 42.4 Å². The summed E-state index contributed by atoms with van der Waals surface area (Å²) in [4.78, 5) is 11.6. The van der Waals surface area contributed by atoms with E-state index in [2.05, 4.69) is 23.5 Å². The van der Waals surface area contributed by atoms with Crippen LogP contribution in [0.2, 0.25) is 0 Å². The maximum atomic E-state index is 11.6. The number of ether oxygens (including phenoxy) is 1. The van der Waals surface area contributed by atoms with Crippen molar-refractivity contribution in [2.24, 2.45) is 17.8 Å². The number of carboxylic acid groups (broad SMARTS) is 1. The lowest BCUT2D eigenvalue weighted by molar-refractivity contribution is -0.142. The molecule has 3 aliphatic rings. The fraction of sp³-hybridized carbons (Fsp3) is 0.667. The lowest BCUT2D eigenvalue weighted by Crippen LogP contribution is -2.38. The highest BCUT2D eigenvalue weighted by molar-refractivity contribution is 5.71. The highest BCUT2D eigenvalue weighted by Gasteiger charge is 2.39. The average Bonchev–Trinajstić information content (AvgIpc) is 3.47. The Morgan fingerprint density at radius 1 is 1.20 bits per heavy atom. The molecule has 2 aliphatic heterocycles. The van der Waals surface area contributed by atoms with Crippen LogP contribution < -0.4 is 5.32 Å². The van der Waals surface area contributed by atoms with Crippen LogP contribution in [0.15, 0.2) is 18.2 Å². The van der Waals surface area contributed by atoms with E-state index in [0.29, 0.717) is 24.5 Å². The van der Waals surface area contributed by atoms with Crippen molar-refractivity contribution in [3.05, 3.63) is 34.9 Å². The van der Waals surface area contributed by atoms with Gasteiger partial charge in [-0.3, -0.25) is 4.79 Å². The molecule has 4 rings (SSSR count). The molecule has 4 heteroatoms. The molecule has 0 amide bonds. The largest absolute Gasteiger partial charge is 0.481 e. The van der Waals surface area contributed by atoms with Crippen molar-refractivity contribution in [1.29, 1.82) is 0 Å². The molecule has 3 atom stereocenters. The van der Waals surface area contributed by atoms with E-state index in [0.717, 1.165) is 19.5 Å². The molecule has 2 fully saturated rings. The Hall–Kier alpha value is -1.39. The van der Waals surface area contributed by atoms with Crippen LogP contribution in [0.5, 0.6) is 0 Å². The van der Waals surface area contributed by atoms with Crippen LogP contribution in [-0.2, 0) is 22.6 Å². The van der Waals surface area contributed by atoms with E-state index in [4.69, 9.17) is 4.74 Å². The fourth-order valence-corrected chi connectivity index (χ4v) is 4.75. The van der Waals surface area contributed by atoms with Crippen LogP contribution in [0.25, 0.3) is 0 Å². The summed E-state index contributed by atoms with van der Waals surface area (Å²) in [5, 5.41) is 12.9. The second kappa shape index (κ2) is 7.08. The van der Waals surface area contributed by atoms with Gasteiger partial charge in [-0.15, -0.1) is 0 Å². The van der Waals surface area contributed by atoms with Gasteiger partial charge in [-0.2, -0.15) is 0 Å². The Morgan fingerprint density at radius 2 is 1.96 bits per heavy atom. The smallest absolute Gasteiger partial charge is 0.306 e. The monoisotopic (exact) mass is 343 g/mol. The van der Waals surface area contributed by atoms with Gasteiger partial charge in [0, 0.05) is 0 Å². The van der Waals surface area contributed by atoms with Crippen LogP contribution in [0, 0.1) is 17.8 Å². The summed E-state index contributed by atoms with van der Waals surface area (Å²) >= 11 is 0. The summed E-state index contributed by atoms with van der Waals surface area (Å²) in [7, 11) is 0. The van der Waals surface area contributed by atoms with Gasteiger partial charge in [0.15, 0.2) is 0 Å². The Balaban J connectivity index is 1.55. The fourth-order valence-electron chi connectivity index (χ4n) is 4.75. The lowest BCUT2D eigenvalue weighted by atomic mass is 9.80. The Labute approximate surface area is 150 Å². The third-order valence-corrected chi connectivity index (χ3v) is 6.46. The number of piperidine rings is 1. The summed E-state index contributed by atoms with van der Waals surface area (Å²) in [6.45, 7) is 4.76. The van der Waals surface area contributed by atoms with Crippen molar-refractivity contribution in [3.8, 4) is 0 Å². The molecule has 0 aromatic heterocycles. The van der Waals surface area contributed by atoms with Gasteiger partial charge >= 0.3 is 5.97 Å². The minimum Gasteiger partial charge on any atom is -0.481 e. The van der Waals surface area contributed by atoms with Gasteiger partial charge in [0.1, 0.15) is 0 Å². The Kier molecular flexibility index (Phi) is 4.83. The molecule has 1 aromatic carbocycles. The van der Waals surface area contributed by atoms with Crippen molar-refractivity contribution in [1.82, 2.24) is 5.32 Å². The second-order valence-corrected chi connectivity index (χ2v) is 8.16. The molecule has 2 N–H and O–H groups in total. The molecular weight excluding hydrogens is 314 g/mol. The van der Waals surface area contributed by atoms with Gasteiger partial charge in [-0.05, 0) is 79.6 Å². The van der Waals surface area contributed by atoms with Crippen molar-refractivity contribution < 1.29 is 14.6 Å². The molecule has 0 radical (unpaired) electrons. The van der Waals surface area contributed by atoms with E-state index < -0.39 is 5.97 Å². The van der Waals surface area contributed by atoms with E-state index in [1.54, 1.807) is 0 Å². The topological polar surface area (TPSA) is 58.6 Å². The highest BCUT2D eigenvalue weighted by atomic mass is 16.5. The molecule has 136 valence electrons. The predicted octanol–water partition coefficient (Wildman–Crippen LogP) is 3.34.